The Hall–Kier alpha value is -2.85. The van der Waals surface area contributed by atoms with Gasteiger partial charge < -0.3 is 26.0 Å². The van der Waals surface area contributed by atoms with Crippen LogP contribution in [0, 0.1) is 0 Å². The van der Waals surface area contributed by atoms with Crippen molar-refractivity contribution in [1.29, 1.82) is 0 Å². The summed E-state index contributed by atoms with van der Waals surface area (Å²) in [7, 11) is 0. The Balaban J connectivity index is 1.70. The van der Waals surface area contributed by atoms with Crippen molar-refractivity contribution in [3.8, 4) is 0 Å². The Labute approximate surface area is 196 Å². The fourth-order valence-corrected chi connectivity index (χ4v) is 5.38. The van der Waals surface area contributed by atoms with Crippen LogP contribution in [0.3, 0.4) is 0 Å². The Morgan fingerprint density at radius 3 is 2.67 bits per heavy atom. The van der Waals surface area contributed by atoms with Crippen LogP contribution >= 0.6 is 23.5 Å². The predicted molar refractivity (Wildman–Crippen MR) is 115 cm³/mol. The Kier molecular flexibility index (Phi) is 7.18. The molecular weight excluding hydrogens is 478 g/mol. The molecule has 0 spiro atoms. The maximum Gasteiger partial charge on any atom is 0.408 e. The molecule has 1 aromatic rings. The quantitative estimate of drug-likeness (QED) is 0.258. The lowest BCUT2D eigenvalue weighted by Crippen LogP contribution is -2.68. The number of tetrazole rings is 1. The van der Waals surface area contributed by atoms with Gasteiger partial charge in [-0.05, 0) is 36.8 Å². The Morgan fingerprint density at radius 1 is 1.36 bits per heavy atom. The van der Waals surface area contributed by atoms with Crippen molar-refractivity contribution in [2.24, 2.45) is 5.73 Å². The molecular formula is C17H23N7O7S2. The first kappa shape index (κ1) is 24.8. The third kappa shape index (κ3) is 5.56. The van der Waals surface area contributed by atoms with Gasteiger partial charge in [0.2, 0.25) is 11.1 Å². The van der Waals surface area contributed by atoms with Crippen LogP contribution in [-0.2, 0) is 25.7 Å². The van der Waals surface area contributed by atoms with Gasteiger partial charge >= 0.3 is 18.0 Å². The number of rotatable bonds is 8. The summed E-state index contributed by atoms with van der Waals surface area (Å²) in [6.45, 7) is 4.65. The minimum Gasteiger partial charge on any atom is -0.480 e. The van der Waals surface area contributed by atoms with Gasteiger partial charge in [-0.25, -0.2) is 19.1 Å². The van der Waals surface area contributed by atoms with Crippen molar-refractivity contribution < 1.29 is 34.1 Å². The number of aliphatic carboxylic acids is 2. The second kappa shape index (κ2) is 9.56. The smallest absolute Gasteiger partial charge is 0.408 e. The van der Waals surface area contributed by atoms with E-state index in [0.717, 1.165) is 11.8 Å². The lowest BCUT2D eigenvalue weighted by atomic mass is 10.0. The van der Waals surface area contributed by atoms with E-state index in [1.54, 1.807) is 20.8 Å². The topological polar surface area (TPSA) is 203 Å². The zero-order chi connectivity index (χ0) is 24.5. The molecule has 0 radical (unpaired) electrons. The van der Waals surface area contributed by atoms with Crippen LogP contribution in [0.25, 0.3) is 0 Å². The summed E-state index contributed by atoms with van der Waals surface area (Å²) >= 11 is 2.45. The average molecular weight is 502 g/mol. The van der Waals surface area contributed by atoms with Gasteiger partial charge in [0.25, 0.3) is 0 Å². The third-order valence-corrected chi connectivity index (χ3v) is 6.91. The number of thioether (sulfide) groups is 2. The number of β-lactam (4-membered cyclic amide) rings is 1. The molecule has 1 aromatic heterocycles. The van der Waals surface area contributed by atoms with Crippen LogP contribution in [-0.4, -0.2) is 93.8 Å². The number of hydrogen-bond donors (Lipinski definition) is 4. The molecule has 0 aromatic carbocycles. The molecule has 1 fully saturated rings. The molecule has 2 aliphatic rings. The maximum absolute atomic E-state index is 12.0. The largest absolute Gasteiger partial charge is 0.480 e. The van der Waals surface area contributed by atoms with E-state index in [0.29, 0.717) is 11.3 Å². The Bertz CT molecular complexity index is 1010. The number of nitrogens with two attached hydrogens (primary N) is 1. The van der Waals surface area contributed by atoms with Crippen LogP contribution in [0.1, 0.15) is 20.8 Å². The number of nitrogens with zero attached hydrogens (tertiary/aromatic N) is 5. The van der Waals surface area contributed by atoms with Crippen molar-refractivity contribution in [2.45, 2.75) is 55.5 Å². The second-order valence-electron chi connectivity index (χ2n) is 8.16. The molecule has 16 heteroatoms. The van der Waals surface area contributed by atoms with Crippen LogP contribution in [0.5, 0.6) is 0 Å². The standard InChI is InChI=1S/C17H23N7O7S2/c1-17(2,3)31-16(30)19-8(13(26)27)4-23-15(20-21-22-23)33-6-7-5-32-12-9(18)11(25)24(12)10(7)14(28)29/h8-9,12H,4-6,18H2,1-3H3,(H,19,30)(H,26,27)(H,28,29)/t8?,9?,12-/m0/s1. The van der Waals surface area contributed by atoms with E-state index in [4.69, 9.17) is 10.5 Å². The van der Waals surface area contributed by atoms with Crippen molar-refractivity contribution in [3.63, 3.8) is 0 Å². The van der Waals surface area contributed by atoms with E-state index < -0.39 is 47.0 Å². The maximum atomic E-state index is 12.0. The molecule has 14 nitrogen and oxygen atoms in total. The van der Waals surface area contributed by atoms with Crippen molar-refractivity contribution in [2.75, 3.05) is 11.5 Å². The molecule has 33 heavy (non-hydrogen) atoms. The van der Waals surface area contributed by atoms with Gasteiger partial charge in [0.1, 0.15) is 28.8 Å². The number of carboxylic acid groups (broad SMARTS) is 2. The predicted octanol–water partition coefficient (Wildman–Crippen LogP) is -0.676. The lowest BCUT2D eigenvalue weighted by Gasteiger charge is -2.48. The van der Waals surface area contributed by atoms with E-state index in [2.05, 4.69) is 20.8 Å². The highest BCUT2D eigenvalue weighted by atomic mass is 32.2. The fourth-order valence-electron chi connectivity index (χ4n) is 3.07. The molecule has 3 heterocycles. The molecule has 180 valence electrons. The van der Waals surface area contributed by atoms with Gasteiger partial charge in [0, 0.05) is 11.5 Å². The molecule has 5 N–H and O–H groups in total. The molecule has 0 bridgehead atoms. The fraction of sp³-hybridized carbons (Fsp3) is 0.588. The van der Waals surface area contributed by atoms with Crippen LogP contribution in [0.4, 0.5) is 4.79 Å². The van der Waals surface area contributed by atoms with E-state index in [-0.39, 0.29) is 23.2 Å². The number of amides is 2. The highest BCUT2D eigenvalue weighted by Gasteiger charge is 2.51. The molecule has 0 aliphatic carbocycles. The number of carbonyl (C=O) groups excluding carboxylic acids is 2. The Morgan fingerprint density at radius 2 is 2.06 bits per heavy atom. The summed E-state index contributed by atoms with van der Waals surface area (Å²) in [5.74, 6) is -2.49. The van der Waals surface area contributed by atoms with Crippen LogP contribution < -0.4 is 11.1 Å². The molecule has 2 aliphatic heterocycles. The lowest BCUT2D eigenvalue weighted by molar-refractivity contribution is -0.147. The average Bonchev–Trinajstić information content (AvgIpc) is 3.15. The van der Waals surface area contributed by atoms with Gasteiger partial charge in [-0.3, -0.25) is 9.69 Å². The number of ether oxygens (including phenoxy) is 1. The van der Waals surface area contributed by atoms with Crippen molar-refractivity contribution in [3.05, 3.63) is 11.3 Å². The molecule has 2 unspecified atom stereocenters. The molecule has 0 saturated carbocycles. The summed E-state index contributed by atoms with van der Waals surface area (Å²) in [6, 6.07) is -2.10. The van der Waals surface area contributed by atoms with E-state index in [1.807, 2.05) is 0 Å². The molecule has 3 atom stereocenters. The summed E-state index contributed by atoms with van der Waals surface area (Å²) < 4.78 is 6.27. The van der Waals surface area contributed by atoms with Crippen molar-refractivity contribution >= 4 is 47.5 Å². The number of hydrogen-bond acceptors (Lipinski definition) is 11. The van der Waals surface area contributed by atoms with Gasteiger partial charge in [0.05, 0.1) is 6.54 Å². The number of carboxylic acids is 2. The normalized spacial score (nSPS) is 21.2. The van der Waals surface area contributed by atoms with E-state index in [1.165, 1.54) is 21.3 Å². The summed E-state index contributed by atoms with van der Waals surface area (Å²) in [5.41, 5.74) is 5.32. The minimum atomic E-state index is -1.37. The monoisotopic (exact) mass is 501 g/mol. The highest BCUT2D eigenvalue weighted by Crippen LogP contribution is 2.40. The first-order valence-electron chi connectivity index (χ1n) is 9.66. The highest BCUT2D eigenvalue weighted by molar-refractivity contribution is 8.01. The zero-order valence-electron chi connectivity index (χ0n) is 17.9. The van der Waals surface area contributed by atoms with Gasteiger partial charge in [0.15, 0.2) is 0 Å². The zero-order valence-corrected chi connectivity index (χ0v) is 19.6. The van der Waals surface area contributed by atoms with Crippen molar-refractivity contribution in [1.82, 2.24) is 30.4 Å². The van der Waals surface area contributed by atoms with Gasteiger partial charge in [-0.15, -0.1) is 16.9 Å². The van der Waals surface area contributed by atoms with Crippen LogP contribution in [0.2, 0.25) is 0 Å². The third-order valence-electron chi connectivity index (χ3n) is 4.51. The number of fused-ring (bicyclic) bond motifs is 1. The molecule has 1 saturated heterocycles. The van der Waals surface area contributed by atoms with E-state index >= 15 is 0 Å². The molecule has 2 amide bonds. The summed E-state index contributed by atoms with van der Waals surface area (Å²) in [6.07, 6.45) is -0.903. The molecule has 3 rings (SSSR count). The first-order valence-corrected chi connectivity index (χ1v) is 11.7. The number of aromatic nitrogens is 4. The summed E-state index contributed by atoms with van der Waals surface area (Å²) in [5, 5.41) is 32.3. The van der Waals surface area contributed by atoms with Gasteiger partial charge in [-0.1, -0.05) is 11.8 Å². The number of nitrogens with one attached hydrogen (secondary N) is 1. The first-order chi connectivity index (χ1) is 15.4. The van der Waals surface area contributed by atoms with E-state index in [9.17, 15) is 29.4 Å². The summed E-state index contributed by atoms with van der Waals surface area (Å²) in [4.78, 5) is 48.6. The number of alkyl carbamates (subject to hydrolysis) is 1. The minimum absolute atomic E-state index is 0.105. The second-order valence-corrected chi connectivity index (χ2v) is 10.2. The SMILES string of the molecule is CC(C)(C)OC(=O)NC(Cn1nnnc1SCC1=C(C(=O)O)N2C(=O)C(N)[C@@H]2SC1)C(=O)O. The van der Waals surface area contributed by atoms with Crippen LogP contribution in [0.15, 0.2) is 16.4 Å². The van der Waals surface area contributed by atoms with Gasteiger partial charge in [-0.2, -0.15) is 0 Å². The number of carbonyl (C=O) groups is 4.